The molecule has 0 aromatic heterocycles. The molecule has 1 unspecified atom stereocenters. The van der Waals surface area contributed by atoms with E-state index in [4.69, 9.17) is 5.11 Å². The molecule has 0 bridgehead atoms. The van der Waals surface area contributed by atoms with Gasteiger partial charge in [-0.3, -0.25) is 4.79 Å². The lowest BCUT2D eigenvalue weighted by molar-refractivity contribution is -0.142. The number of aliphatic carboxylic acids is 1. The van der Waals surface area contributed by atoms with Crippen molar-refractivity contribution < 1.29 is 15.0 Å². The van der Waals surface area contributed by atoms with Gasteiger partial charge in [-0.15, -0.1) is 6.58 Å². The zero-order chi connectivity index (χ0) is 11.0. The van der Waals surface area contributed by atoms with Crippen molar-refractivity contribution in [3.05, 3.63) is 12.7 Å². The zero-order valence-electron chi connectivity index (χ0n) is 8.83. The Bertz CT molecular complexity index is 189. The summed E-state index contributed by atoms with van der Waals surface area (Å²) in [5.74, 6) is -0.953. The topological polar surface area (TPSA) is 57.5 Å². The van der Waals surface area contributed by atoms with Gasteiger partial charge in [0.05, 0.1) is 12.0 Å². The van der Waals surface area contributed by atoms with E-state index >= 15 is 0 Å². The van der Waals surface area contributed by atoms with Crippen LogP contribution in [0.1, 0.15) is 45.4 Å². The van der Waals surface area contributed by atoms with E-state index < -0.39 is 11.6 Å². The summed E-state index contributed by atoms with van der Waals surface area (Å²) in [6.07, 6.45) is 5.24. The van der Waals surface area contributed by atoms with Crippen LogP contribution in [0, 0.1) is 0 Å². The first-order chi connectivity index (χ1) is 6.54. The third-order valence-electron chi connectivity index (χ3n) is 2.25. The minimum atomic E-state index is -1.09. The van der Waals surface area contributed by atoms with Crippen LogP contribution in [0.5, 0.6) is 0 Å². The van der Waals surface area contributed by atoms with Crippen LogP contribution in [-0.2, 0) is 4.79 Å². The number of carboxylic acids is 1. The van der Waals surface area contributed by atoms with Crippen LogP contribution >= 0.6 is 0 Å². The molecule has 0 saturated carbocycles. The molecule has 0 heterocycles. The average molecular weight is 200 g/mol. The summed E-state index contributed by atoms with van der Waals surface area (Å²) in [7, 11) is 0. The van der Waals surface area contributed by atoms with Crippen molar-refractivity contribution in [3.63, 3.8) is 0 Å². The molecule has 14 heavy (non-hydrogen) atoms. The van der Waals surface area contributed by atoms with E-state index in [0.717, 1.165) is 19.3 Å². The number of hydrogen-bond acceptors (Lipinski definition) is 2. The first-order valence-corrected chi connectivity index (χ1v) is 5.09. The number of unbranched alkanes of at least 4 members (excludes halogenated alkanes) is 2. The second-order valence-corrected chi connectivity index (χ2v) is 3.74. The van der Waals surface area contributed by atoms with Crippen molar-refractivity contribution in [3.8, 4) is 0 Å². The van der Waals surface area contributed by atoms with Gasteiger partial charge < -0.3 is 10.2 Å². The first-order valence-electron chi connectivity index (χ1n) is 5.09. The maximum Gasteiger partial charge on any atom is 0.306 e. The van der Waals surface area contributed by atoms with Crippen molar-refractivity contribution in [1.82, 2.24) is 0 Å². The highest BCUT2D eigenvalue weighted by Crippen LogP contribution is 2.23. The third-order valence-corrected chi connectivity index (χ3v) is 2.25. The third kappa shape index (κ3) is 5.75. The van der Waals surface area contributed by atoms with Crippen LogP contribution in [0.3, 0.4) is 0 Å². The molecule has 0 aliphatic heterocycles. The van der Waals surface area contributed by atoms with E-state index in [0.29, 0.717) is 12.8 Å². The Kier molecular flexibility index (Phi) is 6.21. The molecule has 0 aromatic rings. The molecular formula is C11H20O3. The van der Waals surface area contributed by atoms with E-state index in [9.17, 15) is 9.90 Å². The molecule has 0 rings (SSSR count). The van der Waals surface area contributed by atoms with Crippen LogP contribution in [0.2, 0.25) is 0 Å². The molecule has 0 spiro atoms. The molecule has 0 saturated heterocycles. The molecule has 82 valence electrons. The highest BCUT2D eigenvalue weighted by molar-refractivity contribution is 5.68. The SMILES string of the molecule is C=CCC(O)(CCCCC)CC(=O)O. The predicted octanol–water partition coefficient (Wildman–Crippen LogP) is 2.35. The second-order valence-electron chi connectivity index (χ2n) is 3.74. The fourth-order valence-corrected chi connectivity index (χ4v) is 1.52. The van der Waals surface area contributed by atoms with Gasteiger partial charge in [0.25, 0.3) is 0 Å². The summed E-state index contributed by atoms with van der Waals surface area (Å²) in [5, 5.41) is 18.6. The normalized spacial score (nSPS) is 14.7. The predicted molar refractivity (Wildman–Crippen MR) is 56.2 cm³/mol. The standard InChI is InChI=1S/C11H20O3/c1-3-5-6-8-11(14,7-4-2)9-10(12)13/h4,14H,2-3,5-9H2,1H3,(H,12,13). The monoisotopic (exact) mass is 200 g/mol. The second kappa shape index (κ2) is 6.60. The van der Waals surface area contributed by atoms with Crippen LogP contribution in [0.25, 0.3) is 0 Å². The Morgan fingerprint density at radius 2 is 2.14 bits per heavy atom. The van der Waals surface area contributed by atoms with Crippen molar-refractivity contribution >= 4 is 5.97 Å². The van der Waals surface area contributed by atoms with Crippen LogP contribution in [0.4, 0.5) is 0 Å². The molecular weight excluding hydrogens is 180 g/mol. The lowest BCUT2D eigenvalue weighted by atomic mass is 9.89. The van der Waals surface area contributed by atoms with Gasteiger partial charge in [-0.1, -0.05) is 32.3 Å². The van der Waals surface area contributed by atoms with Gasteiger partial charge in [-0.25, -0.2) is 0 Å². The van der Waals surface area contributed by atoms with E-state index in [1.165, 1.54) is 0 Å². The quantitative estimate of drug-likeness (QED) is 0.467. The van der Waals surface area contributed by atoms with Crippen LogP contribution in [-0.4, -0.2) is 21.8 Å². The number of aliphatic hydroxyl groups is 1. The average Bonchev–Trinajstić information content (AvgIpc) is 2.03. The molecule has 0 fully saturated rings. The van der Waals surface area contributed by atoms with E-state index in [-0.39, 0.29) is 6.42 Å². The van der Waals surface area contributed by atoms with E-state index in [1.54, 1.807) is 6.08 Å². The lowest BCUT2D eigenvalue weighted by Gasteiger charge is -2.24. The van der Waals surface area contributed by atoms with Gasteiger partial charge in [0.15, 0.2) is 0 Å². The smallest absolute Gasteiger partial charge is 0.306 e. The molecule has 0 radical (unpaired) electrons. The highest BCUT2D eigenvalue weighted by Gasteiger charge is 2.27. The fourth-order valence-electron chi connectivity index (χ4n) is 1.52. The lowest BCUT2D eigenvalue weighted by Crippen LogP contribution is -2.31. The Morgan fingerprint density at radius 3 is 2.57 bits per heavy atom. The summed E-state index contributed by atoms with van der Waals surface area (Å²) in [6.45, 7) is 5.60. The molecule has 0 aromatic carbocycles. The van der Waals surface area contributed by atoms with E-state index in [1.807, 2.05) is 0 Å². The van der Waals surface area contributed by atoms with Crippen LogP contribution in [0.15, 0.2) is 12.7 Å². The Labute approximate surface area is 85.4 Å². The Morgan fingerprint density at radius 1 is 1.50 bits per heavy atom. The summed E-state index contributed by atoms with van der Waals surface area (Å²) in [6, 6.07) is 0. The Hall–Kier alpha value is -0.830. The van der Waals surface area contributed by atoms with Gasteiger partial charge in [0, 0.05) is 0 Å². The van der Waals surface area contributed by atoms with Gasteiger partial charge in [0.2, 0.25) is 0 Å². The zero-order valence-corrected chi connectivity index (χ0v) is 8.83. The molecule has 1 atom stereocenters. The number of carbonyl (C=O) groups is 1. The van der Waals surface area contributed by atoms with Gasteiger partial charge in [-0.2, -0.15) is 0 Å². The van der Waals surface area contributed by atoms with Crippen molar-refractivity contribution in [2.75, 3.05) is 0 Å². The van der Waals surface area contributed by atoms with Crippen molar-refractivity contribution in [1.29, 1.82) is 0 Å². The fraction of sp³-hybridized carbons (Fsp3) is 0.727. The summed E-state index contributed by atoms with van der Waals surface area (Å²) in [4.78, 5) is 10.5. The van der Waals surface area contributed by atoms with Gasteiger partial charge >= 0.3 is 5.97 Å². The minimum Gasteiger partial charge on any atom is -0.481 e. The van der Waals surface area contributed by atoms with E-state index in [2.05, 4.69) is 13.5 Å². The molecule has 2 N–H and O–H groups in total. The van der Waals surface area contributed by atoms with Crippen molar-refractivity contribution in [2.24, 2.45) is 0 Å². The maximum absolute atomic E-state index is 10.5. The number of carboxylic acid groups (broad SMARTS) is 1. The van der Waals surface area contributed by atoms with Gasteiger partial charge in [-0.05, 0) is 12.8 Å². The van der Waals surface area contributed by atoms with Gasteiger partial charge in [0.1, 0.15) is 0 Å². The van der Waals surface area contributed by atoms with Crippen LogP contribution < -0.4 is 0 Å². The summed E-state index contributed by atoms with van der Waals surface area (Å²) < 4.78 is 0. The molecule has 0 aliphatic carbocycles. The molecule has 3 heteroatoms. The van der Waals surface area contributed by atoms with Crippen molar-refractivity contribution in [2.45, 2.75) is 51.0 Å². The highest BCUT2D eigenvalue weighted by atomic mass is 16.4. The molecule has 3 nitrogen and oxygen atoms in total. The maximum atomic E-state index is 10.5. The number of hydrogen-bond donors (Lipinski definition) is 2. The first kappa shape index (κ1) is 13.2. The number of rotatable bonds is 8. The molecule has 0 aliphatic rings. The summed E-state index contributed by atoms with van der Waals surface area (Å²) >= 11 is 0. The minimum absolute atomic E-state index is 0.192. The Balaban J connectivity index is 4.08. The summed E-state index contributed by atoms with van der Waals surface area (Å²) in [5.41, 5.74) is -1.09. The largest absolute Gasteiger partial charge is 0.481 e. The molecule has 0 amide bonds.